The molecule has 0 aliphatic carbocycles. The molecule has 0 aliphatic rings. The molecule has 0 aliphatic heterocycles. The molecule has 0 spiro atoms. The van der Waals surface area contributed by atoms with Gasteiger partial charge >= 0.3 is 0 Å². The first-order valence-electron chi connectivity index (χ1n) is 6.34. The number of aliphatic imine (C=N–C) groups is 1. The molecule has 3 aromatic rings. The molecule has 104 valence electrons. The number of hydrogen-bond donors (Lipinski definition) is 0. The Balaban J connectivity index is 2.08. The average Bonchev–Trinajstić information content (AvgIpc) is 2.95. The molecule has 0 N–H and O–H groups in total. The summed E-state index contributed by atoms with van der Waals surface area (Å²) in [4.78, 5) is 9.28. The van der Waals surface area contributed by atoms with E-state index in [9.17, 15) is 0 Å². The Morgan fingerprint density at radius 2 is 1.95 bits per heavy atom. The lowest BCUT2D eigenvalue weighted by Crippen LogP contribution is -1.99. The Morgan fingerprint density at radius 3 is 2.71 bits per heavy atom. The van der Waals surface area contributed by atoms with E-state index < -0.39 is 0 Å². The van der Waals surface area contributed by atoms with Crippen LogP contribution in [0.1, 0.15) is 11.1 Å². The largest absolute Gasteiger partial charge is 0.218 e. The van der Waals surface area contributed by atoms with Crippen LogP contribution in [0.15, 0.2) is 53.5 Å². The Bertz CT molecular complexity index is 788. The Labute approximate surface area is 137 Å². The fourth-order valence-corrected chi connectivity index (χ4v) is 3.69. The van der Waals surface area contributed by atoms with Crippen LogP contribution in [0.3, 0.4) is 0 Å². The maximum Gasteiger partial charge on any atom is 0.211 e. The molecule has 5 heteroatoms. The van der Waals surface area contributed by atoms with Crippen LogP contribution in [0.25, 0.3) is 10.2 Å². The monoisotopic (exact) mass is 328 g/mol. The first kappa shape index (κ1) is 14.4. The summed E-state index contributed by atoms with van der Waals surface area (Å²) in [5, 5.41) is 3.41. The van der Waals surface area contributed by atoms with Crippen LogP contribution in [-0.2, 0) is 0 Å². The van der Waals surface area contributed by atoms with Crippen molar-refractivity contribution in [3.05, 3.63) is 59.7 Å². The lowest BCUT2D eigenvalue weighted by atomic mass is 10.1. The van der Waals surface area contributed by atoms with Crippen LogP contribution in [0.5, 0.6) is 0 Å². The van der Waals surface area contributed by atoms with Gasteiger partial charge in [0.25, 0.3) is 0 Å². The highest BCUT2D eigenvalue weighted by Crippen LogP contribution is 2.29. The zero-order chi connectivity index (χ0) is 14.7. The van der Waals surface area contributed by atoms with Crippen LogP contribution in [0, 0.1) is 0 Å². The first-order valence-corrected chi connectivity index (χ1v) is 8.86. The number of thioether (sulfide) groups is 1. The summed E-state index contributed by atoms with van der Waals surface area (Å²) in [5.74, 6) is 0. The maximum atomic E-state index is 5.09. The smallest absolute Gasteiger partial charge is 0.211 e. The molecule has 2 nitrogen and oxygen atoms in total. The van der Waals surface area contributed by atoms with Crippen molar-refractivity contribution in [2.75, 3.05) is 6.26 Å². The SMILES string of the molecule is CSC(=Nc1nc2ccccc2s1)c1ccccc1C=S. The third-order valence-corrected chi connectivity index (χ3v) is 4.87. The van der Waals surface area contributed by atoms with Crippen LogP contribution in [0.4, 0.5) is 5.13 Å². The summed E-state index contributed by atoms with van der Waals surface area (Å²) in [5.41, 5.74) is 3.06. The van der Waals surface area contributed by atoms with E-state index in [0.29, 0.717) is 0 Å². The van der Waals surface area contributed by atoms with Gasteiger partial charge in [-0.05, 0) is 24.0 Å². The topological polar surface area (TPSA) is 25.2 Å². The van der Waals surface area contributed by atoms with Gasteiger partial charge in [0.15, 0.2) is 0 Å². The number of nitrogens with zero attached hydrogens (tertiary/aromatic N) is 2. The summed E-state index contributed by atoms with van der Waals surface area (Å²) < 4.78 is 1.15. The van der Waals surface area contributed by atoms with Crippen molar-refractivity contribution in [2.24, 2.45) is 4.99 Å². The van der Waals surface area contributed by atoms with E-state index in [1.165, 1.54) is 0 Å². The van der Waals surface area contributed by atoms with Gasteiger partial charge in [-0.2, -0.15) is 0 Å². The van der Waals surface area contributed by atoms with E-state index in [-0.39, 0.29) is 0 Å². The zero-order valence-electron chi connectivity index (χ0n) is 11.3. The number of rotatable bonds is 3. The predicted octanol–water partition coefficient (Wildman–Crippen LogP) is 5.09. The zero-order valence-corrected chi connectivity index (χ0v) is 13.8. The fourth-order valence-electron chi connectivity index (χ4n) is 2.01. The fraction of sp³-hybridized carbons (Fsp3) is 0.0625. The quantitative estimate of drug-likeness (QED) is 0.380. The maximum absolute atomic E-state index is 5.09. The average molecular weight is 328 g/mol. The molecule has 0 saturated carbocycles. The van der Waals surface area contributed by atoms with E-state index in [4.69, 9.17) is 17.2 Å². The summed E-state index contributed by atoms with van der Waals surface area (Å²) >= 11 is 8.30. The second-order valence-electron chi connectivity index (χ2n) is 4.29. The Hall–Kier alpha value is -1.56. The standard InChI is InChI=1S/C16H12N2S3/c1-20-15(12-7-3-2-6-11(12)10-19)18-16-17-13-8-4-5-9-14(13)21-16/h2-10H,1H3. The molecule has 0 amide bonds. The van der Waals surface area contributed by atoms with Crippen molar-refractivity contribution in [1.82, 2.24) is 4.98 Å². The van der Waals surface area contributed by atoms with Crippen LogP contribution < -0.4 is 0 Å². The molecule has 3 rings (SSSR count). The lowest BCUT2D eigenvalue weighted by Gasteiger charge is -2.05. The summed E-state index contributed by atoms with van der Waals surface area (Å²) in [6, 6.07) is 16.1. The minimum Gasteiger partial charge on any atom is -0.218 e. The molecule has 0 radical (unpaired) electrons. The molecule has 2 aromatic carbocycles. The highest BCUT2D eigenvalue weighted by molar-refractivity contribution is 8.13. The van der Waals surface area contributed by atoms with Gasteiger partial charge in [-0.25, -0.2) is 9.98 Å². The molecule has 0 saturated heterocycles. The number of thiazole rings is 1. The highest BCUT2D eigenvalue weighted by atomic mass is 32.2. The van der Waals surface area contributed by atoms with Crippen molar-refractivity contribution in [2.45, 2.75) is 0 Å². The minimum atomic E-state index is 0.778. The van der Waals surface area contributed by atoms with Crippen molar-refractivity contribution >= 4 is 61.1 Å². The molecule has 0 bridgehead atoms. The molecular formula is C16H12N2S3. The Kier molecular flexibility index (Phi) is 4.43. The molecule has 1 heterocycles. The van der Waals surface area contributed by atoms with Gasteiger partial charge in [-0.3, -0.25) is 0 Å². The van der Waals surface area contributed by atoms with Gasteiger partial charge in [0, 0.05) is 10.9 Å². The van der Waals surface area contributed by atoms with Gasteiger partial charge < -0.3 is 0 Å². The predicted molar refractivity (Wildman–Crippen MR) is 98.5 cm³/mol. The van der Waals surface area contributed by atoms with Crippen molar-refractivity contribution < 1.29 is 0 Å². The van der Waals surface area contributed by atoms with Gasteiger partial charge in [0.1, 0.15) is 5.04 Å². The normalized spacial score (nSPS) is 11.8. The third-order valence-electron chi connectivity index (χ3n) is 2.99. The third kappa shape index (κ3) is 3.05. The van der Waals surface area contributed by atoms with E-state index in [1.807, 2.05) is 48.7 Å². The summed E-state index contributed by atoms with van der Waals surface area (Å²) in [7, 11) is 0. The molecule has 1 aromatic heterocycles. The number of aromatic nitrogens is 1. The molecule has 21 heavy (non-hydrogen) atoms. The van der Waals surface area contributed by atoms with E-state index in [2.05, 4.69) is 11.1 Å². The number of benzene rings is 2. The second-order valence-corrected chi connectivity index (χ2v) is 6.33. The Morgan fingerprint density at radius 1 is 1.19 bits per heavy atom. The molecule has 0 fully saturated rings. The van der Waals surface area contributed by atoms with E-state index >= 15 is 0 Å². The lowest BCUT2D eigenvalue weighted by molar-refractivity contribution is 1.41. The van der Waals surface area contributed by atoms with Crippen LogP contribution >= 0.6 is 35.3 Å². The van der Waals surface area contributed by atoms with Crippen LogP contribution in [-0.4, -0.2) is 21.7 Å². The van der Waals surface area contributed by atoms with Crippen molar-refractivity contribution in [3.8, 4) is 0 Å². The van der Waals surface area contributed by atoms with E-state index in [0.717, 1.165) is 31.5 Å². The number of hydrogen-bond acceptors (Lipinski definition) is 5. The van der Waals surface area contributed by atoms with Gasteiger partial charge in [0.05, 0.1) is 10.2 Å². The van der Waals surface area contributed by atoms with Crippen molar-refractivity contribution in [1.29, 1.82) is 0 Å². The highest BCUT2D eigenvalue weighted by Gasteiger charge is 2.09. The number of thiocarbonyl (C=S) groups is 1. The van der Waals surface area contributed by atoms with Crippen LogP contribution in [0.2, 0.25) is 0 Å². The molecule has 0 unspecified atom stereocenters. The van der Waals surface area contributed by atoms with E-state index in [1.54, 1.807) is 28.5 Å². The van der Waals surface area contributed by atoms with Gasteiger partial charge in [-0.15, -0.1) is 11.8 Å². The van der Waals surface area contributed by atoms with Gasteiger partial charge in [-0.1, -0.05) is 60.0 Å². The summed E-state index contributed by atoms with van der Waals surface area (Å²) in [6.07, 6.45) is 2.02. The molecular weight excluding hydrogens is 316 g/mol. The van der Waals surface area contributed by atoms with Crippen molar-refractivity contribution in [3.63, 3.8) is 0 Å². The number of fused-ring (bicyclic) bond motifs is 1. The first-order chi connectivity index (χ1) is 10.3. The minimum absolute atomic E-state index is 0.778. The second kappa shape index (κ2) is 6.47. The number of para-hydroxylation sites is 1. The summed E-state index contributed by atoms with van der Waals surface area (Å²) in [6.45, 7) is 0. The van der Waals surface area contributed by atoms with Gasteiger partial charge in [0.2, 0.25) is 5.13 Å². The molecule has 0 atom stereocenters.